The number of nitrogens with one attached hydrogen (secondary N) is 1. The molecule has 0 bridgehead atoms. The first-order valence-electron chi connectivity index (χ1n) is 9.03. The van der Waals surface area contributed by atoms with Gasteiger partial charge in [0.15, 0.2) is 0 Å². The average Bonchev–Trinajstić information content (AvgIpc) is 2.36. The van der Waals surface area contributed by atoms with Gasteiger partial charge in [-0.15, -0.1) is 0 Å². The van der Waals surface area contributed by atoms with Crippen molar-refractivity contribution in [2.24, 2.45) is 11.8 Å². The Morgan fingerprint density at radius 1 is 1.13 bits per heavy atom. The summed E-state index contributed by atoms with van der Waals surface area (Å²) in [5, 5.41) is 3.02. The third-order valence-electron chi connectivity index (χ3n) is 4.95. The highest BCUT2D eigenvalue weighted by Gasteiger charge is 2.30. The molecule has 2 aliphatic rings. The van der Waals surface area contributed by atoms with Crippen molar-refractivity contribution in [2.75, 3.05) is 33.2 Å². The molecule has 23 heavy (non-hydrogen) atoms. The van der Waals surface area contributed by atoms with E-state index in [1.54, 1.807) is 0 Å². The number of carbonyl (C=O) groups is 2. The predicted molar refractivity (Wildman–Crippen MR) is 92.0 cm³/mol. The molecule has 0 aromatic heterocycles. The summed E-state index contributed by atoms with van der Waals surface area (Å²) in [6.07, 6.45) is 5.50. The third kappa shape index (κ3) is 5.79. The number of amides is 2. The minimum absolute atomic E-state index is 0.105. The maximum Gasteiger partial charge on any atom is 0.234 e. The van der Waals surface area contributed by atoms with Gasteiger partial charge in [0, 0.05) is 25.0 Å². The van der Waals surface area contributed by atoms with E-state index in [0.717, 1.165) is 45.3 Å². The van der Waals surface area contributed by atoms with Crippen LogP contribution >= 0.6 is 0 Å². The van der Waals surface area contributed by atoms with Gasteiger partial charge in [-0.2, -0.15) is 0 Å². The highest BCUT2D eigenvalue weighted by atomic mass is 16.2. The summed E-state index contributed by atoms with van der Waals surface area (Å²) < 4.78 is 0. The van der Waals surface area contributed by atoms with Gasteiger partial charge in [-0.05, 0) is 65.5 Å². The van der Waals surface area contributed by atoms with Crippen LogP contribution in [0.2, 0.25) is 0 Å². The summed E-state index contributed by atoms with van der Waals surface area (Å²) in [6.45, 7) is 9.28. The van der Waals surface area contributed by atoms with E-state index in [9.17, 15) is 9.59 Å². The summed E-state index contributed by atoms with van der Waals surface area (Å²) in [7, 11) is 1.95. The quantitative estimate of drug-likeness (QED) is 0.840. The van der Waals surface area contributed by atoms with Crippen molar-refractivity contribution >= 4 is 11.8 Å². The van der Waals surface area contributed by atoms with Crippen LogP contribution < -0.4 is 5.32 Å². The standard InChI is InChI=1S/C18H33N3O2/c1-18(2,3)19-16(22)13-21-10-8-14(9-11-21)12-20(4)17(23)15-6-5-7-15/h14-15H,5-13H2,1-4H3,(H,19,22). The molecule has 1 heterocycles. The van der Waals surface area contributed by atoms with E-state index < -0.39 is 0 Å². The number of piperidine rings is 1. The highest BCUT2D eigenvalue weighted by Crippen LogP contribution is 2.28. The molecule has 0 aromatic carbocycles. The number of carbonyl (C=O) groups excluding carboxylic acids is 2. The zero-order chi connectivity index (χ0) is 17.0. The van der Waals surface area contributed by atoms with Crippen LogP contribution in [-0.2, 0) is 9.59 Å². The minimum atomic E-state index is -0.167. The molecule has 0 aromatic rings. The molecule has 1 aliphatic carbocycles. The molecule has 2 fully saturated rings. The number of nitrogens with zero attached hydrogens (tertiary/aromatic N) is 2. The third-order valence-corrected chi connectivity index (χ3v) is 4.95. The number of hydrogen-bond acceptors (Lipinski definition) is 3. The van der Waals surface area contributed by atoms with Crippen LogP contribution in [-0.4, -0.2) is 60.4 Å². The molecule has 5 heteroatoms. The Morgan fingerprint density at radius 3 is 2.22 bits per heavy atom. The Morgan fingerprint density at radius 2 is 1.74 bits per heavy atom. The van der Waals surface area contributed by atoms with E-state index in [2.05, 4.69) is 10.2 Å². The van der Waals surface area contributed by atoms with Crippen molar-refractivity contribution in [2.45, 2.75) is 58.4 Å². The van der Waals surface area contributed by atoms with E-state index in [-0.39, 0.29) is 11.4 Å². The summed E-state index contributed by atoms with van der Waals surface area (Å²) in [5.41, 5.74) is -0.167. The fourth-order valence-electron chi connectivity index (χ4n) is 3.43. The smallest absolute Gasteiger partial charge is 0.234 e. The number of likely N-dealkylation sites (tertiary alicyclic amines) is 1. The van der Waals surface area contributed by atoms with Gasteiger partial charge >= 0.3 is 0 Å². The predicted octanol–water partition coefficient (Wildman–Crippen LogP) is 1.87. The second-order valence-electron chi connectivity index (χ2n) is 8.36. The van der Waals surface area contributed by atoms with Crippen molar-refractivity contribution in [3.63, 3.8) is 0 Å². The van der Waals surface area contributed by atoms with Crippen molar-refractivity contribution in [1.82, 2.24) is 15.1 Å². The lowest BCUT2D eigenvalue weighted by Crippen LogP contribution is -2.48. The molecule has 0 unspecified atom stereocenters. The molecule has 1 aliphatic heterocycles. The molecule has 0 atom stereocenters. The zero-order valence-electron chi connectivity index (χ0n) is 15.2. The van der Waals surface area contributed by atoms with Gasteiger partial charge in [-0.1, -0.05) is 6.42 Å². The van der Waals surface area contributed by atoms with Crippen molar-refractivity contribution in [1.29, 1.82) is 0 Å². The molecule has 2 amide bonds. The van der Waals surface area contributed by atoms with Crippen LogP contribution in [0.5, 0.6) is 0 Å². The van der Waals surface area contributed by atoms with Crippen LogP contribution in [0.15, 0.2) is 0 Å². The Bertz CT molecular complexity index is 418. The normalized spacial score (nSPS) is 20.9. The molecular weight excluding hydrogens is 290 g/mol. The van der Waals surface area contributed by atoms with Crippen molar-refractivity contribution in [3.8, 4) is 0 Å². The van der Waals surface area contributed by atoms with Gasteiger partial charge in [0.2, 0.25) is 11.8 Å². The molecule has 5 nitrogen and oxygen atoms in total. The maximum atomic E-state index is 12.2. The Balaban J connectivity index is 1.67. The molecule has 1 saturated heterocycles. The molecule has 0 radical (unpaired) electrons. The van der Waals surface area contributed by atoms with Gasteiger partial charge < -0.3 is 10.2 Å². The lowest BCUT2D eigenvalue weighted by molar-refractivity contribution is -0.137. The first kappa shape index (κ1) is 18.2. The van der Waals surface area contributed by atoms with Gasteiger partial charge in [0.1, 0.15) is 0 Å². The zero-order valence-corrected chi connectivity index (χ0v) is 15.2. The SMILES string of the molecule is CN(CC1CCN(CC(=O)NC(C)(C)C)CC1)C(=O)C1CCC1. The van der Waals surface area contributed by atoms with Crippen LogP contribution in [0.3, 0.4) is 0 Å². The monoisotopic (exact) mass is 323 g/mol. The van der Waals surface area contributed by atoms with Crippen LogP contribution in [0, 0.1) is 11.8 Å². The summed E-state index contributed by atoms with van der Waals surface area (Å²) in [5.74, 6) is 1.31. The van der Waals surface area contributed by atoms with Gasteiger partial charge in [-0.25, -0.2) is 0 Å². The second-order valence-corrected chi connectivity index (χ2v) is 8.36. The van der Waals surface area contributed by atoms with Gasteiger partial charge in [0.25, 0.3) is 0 Å². The van der Waals surface area contributed by atoms with E-state index in [0.29, 0.717) is 24.3 Å². The van der Waals surface area contributed by atoms with Crippen molar-refractivity contribution in [3.05, 3.63) is 0 Å². The van der Waals surface area contributed by atoms with E-state index >= 15 is 0 Å². The summed E-state index contributed by atoms with van der Waals surface area (Å²) >= 11 is 0. The molecule has 0 spiro atoms. The second kappa shape index (κ2) is 7.65. The first-order valence-corrected chi connectivity index (χ1v) is 9.03. The van der Waals surface area contributed by atoms with Crippen LogP contribution in [0.25, 0.3) is 0 Å². The molecule has 1 N–H and O–H groups in total. The lowest BCUT2D eigenvalue weighted by Gasteiger charge is -2.36. The largest absolute Gasteiger partial charge is 0.350 e. The molecular formula is C18H33N3O2. The van der Waals surface area contributed by atoms with E-state index in [4.69, 9.17) is 0 Å². The van der Waals surface area contributed by atoms with E-state index in [1.807, 2.05) is 32.7 Å². The maximum absolute atomic E-state index is 12.2. The summed E-state index contributed by atoms with van der Waals surface area (Å²) in [6, 6.07) is 0. The molecule has 1 saturated carbocycles. The molecule has 2 rings (SSSR count). The van der Waals surface area contributed by atoms with E-state index in [1.165, 1.54) is 6.42 Å². The Labute approximate surface area is 140 Å². The van der Waals surface area contributed by atoms with Crippen LogP contribution in [0.4, 0.5) is 0 Å². The fourth-order valence-corrected chi connectivity index (χ4v) is 3.43. The van der Waals surface area contributed by atoms with Gasteiger partial charge in [-0.3, -0.25) is 14.5 Å². The van der Waals surface area contributed by atoms with Gasteiger partial charge in [0.05, 0.1) is 6.54 Å². The Kier molecular flexibility index (Phi) is 6.06. The lowest BCUT2D eigenvalue weighted by atomic mass is 9.84. The number of rotatable bonds is 5. The van der Waals surface area contributed by atoms with Crippen molar-refractivity contribution < 1.29 is 9.59 Å². The Hall–Kier alpha value is -1.10. The summed E-state index contributed by atoms with van der Waals surface area (Å²) in [4.78, 5) is 28.4. The fraction of sp³-hybridized carbons (Fsp3) is 0.889. The molecule has 132 valence electrons. The average molecular weight is 323 g/mol. The van der Waals surface area contributed by atoms with Crippen LogP contribution in [0.1, 0.15) is 52.9 Å². The topological polar surface area (TPSA) is 52.6 Å². The highest BCUT2D eigenvalue weighted by molar-refractivity contribution is 5.79. The minimum Gasteiger partial charge on any atom is -0.350 e. The number of hydrogen-bond donors (Lipinski definition) is 1. The first-order chi connectivity index (χ1) is 10.7.